The Kier molecular flexibility index (Phi) is 4.59. The van der Waals surface area contributed by atoms with Crippen LogP contribution in [0.3, 0.4) is 0 Å². The molecule has 1 unspecified atom stereocenters. The zero-order chi connectivity index (χ0) is 11.4. The van der Waals surface area contributed by atoms with Crippen molar-refractivity contribution in [1.29, 1.82) is 0 Å². The lowest BCUT2D eigenvalue weighted by atomic mass is 9.87. The second-order valence-corrected chi connectivity index (χ2v) is 7.05. The summed E-state index contributed by atoms with van der Waals surface area (Å²) in [6.07, 6.45) is 7.92. The van der Waals surface area contributed by atoms with Gasteiger partial charge in [0.05, 0.1) is 0 Å². The third-order valence-electron chi connectivity index (χ3n) is 3.23. The van der Waals surface area contributed by atoms with E-state index in [4.69, 9.17) is 0 Å². The molecule has 0 amide bonds. The maximum absolute atomic E-state index is 11.0. The van der Waals surface area contributed by atoms with Crippen molar-refractivity contribution in [1.82, 2.24) is 5.32 Å². The highest BCUT2D eigenvalue weighted by molar-refractivity contribution is 7.90. The van der Waals surface area contributed by atoms with E-state index in [1.54, 1.807) is 0 Å². The zero-order valence-corrected chi connectivity index (χ0v) is 10.7. The summed E-state index contributed by atoms with van der Waals surface area (Å²) in [5.74, 6) is 0.333. The molecule has 1 N–H and O–H groups in total. The molecule has 0 bridgehead atoms. The predicted molar refractivity (Wildman–Crippen MR) is 63.8 cm³/mol. The number of rotatable bonds is 6. The number of sulfone groups is 1. The average molecular weight is 233 g/mol. The fourth-order valence-electron chi connectivity index (χ4n) is 2.57. The van der Waals surface area contributed by atoms with Crippen molar-refractivity contribution in [3.63, 3.8) is 0 Å². The summed E-state index contributed by atoms with van der Waals surface area (Å²) in [5, 5.41) is 3.56. The van der Waals surface area contributed by atoms with Gasteiger partial charge in [0, 0.05) is 17.5 Å². The lowest BCUT2D eigenvalue weighted by molar-refractivity contribution is 0.317. The van der Waals surface area contributed by atoms with E-state index in [0.717, 1.165) is 19.4 Å². The lowest BCUT2D eigenvalue weighted by Crippen LogP contribution is -2.39. The highest BCUT2D eigenvalue weighted by Gasteiger charge is 2.31. The number of nitrogens with one attached hydrogen (secondary N) is 1. The Balaban J connectivity index is 2.39. The van der Waals surface area contributed by atoms with Gasteiger partial charge in [0.25, 0.3) is 0 Å². The average Bonchev–Trinajstić information content (AvgIpc) is 2.52. The van der Waals surface area contributed by atoms with Gasteiger partial charge in [-0.1, -0.05) is 13.3 Å². The molecule has 0 aromatic rings. The minimum atomic E-state index is -2.79. The molecule has 1 aliphatic rings. The Morgan fingerprint density at radius 2 is 2.07 bits per heavy atom. The monoisotopic (exact) mass is 233 g/mol. The first kappa shape index (κ1) is 13.0. The summed E-state index contributed by atoms with van der Waals surface area (Å²) in [5.41, 5.74) is 0.249. The first-order valence-corrected chi connectivity index (χ1v) is 7.96. The Morgan fingerprint density at radius 3 is 2.53 bits per heavy atom. The zero-order valence-electron chi connectivity index (χ0n) is 9.88. The van der Waals surface area contributed by atoms with Gasteiger partial charge in [-0.2, -0.15) is 0 Å². The van der Waals surface area contributed by atoms with Crippen molar-refractivity contribution in [2.24, 2.45) is 0 Å². The molecule has 1 atom stereocenters. The molecule has 0 aromatic carbocycles. The second-order valence-electron chi connectivity index (χ2n) is 4.79. The van der Waals surface area contributed by atoms with Crippen molar-refractivity contribution in [3.05, 3.63) is 0 Å². The lowest BCUT2D eigenvalue weighted by Gasteiger charge is -2.29. The van der Waals surface area contributed by atoms with E-state index in [0.29, 0.717) is 5.75 Å². The second kappa shape index (κ2) is 5.30. The minimum absolute atomic E-state index is 0.249. The van der Waals surface area contributed by atoms with E-state index in [9.17, 15) is 8.42 Å². The van der Waals surface area contributed by atoms with Gasteiger partial charge in [0.15, 0.2) is 0 Å². The van der Waals surface area contributed by atoms with Crippen LogP contribution >= 0.6 is 0 Å². The van der Waals surface area contributed by atoms with Gasteiger partial charge in [-0.3, -0.25) is 0 Å². The summed E-state index contributed by atoms with van der Waals surface area (Å²) in [7, 11) is -2.79. The normalized spacial score (nSPS) is 27.1. The predicted octanol–water partition coefficient (Wildman–Crippen LogP) is 1.73. The molecule has 1 fully saturated rings. The molecule has 1 saturated heterocycles. The molecule has 1 rings (SSSR count). The van der Waals surface area contributed by atoms with Crippen molar-refractivity contribution < 1.29 is 8.42 Å². The van der Waals surface area contributed by atoms with Gasteiger partial charge in [0.2, 0.25) is 0 Å². The first-order valence-electron chi connectivity index (χ1n) is 5.90. The summed E-state index contributed by atoms with van der Waals surface area (Å²) in [4.78, 5) is 0. The van der Waals surface area contributed by atoms with E-state index in [2.05, 4.69) is 12.2 Å². The largest absolute Gasteiger partial charge is 0.311 e. The molecule has 0 radical (unpaired) electrons. The van der Waals surface area contributed by atoms with Crippen LogP contribution in [0.25, 0.3) is 0 Å². The van der Waals surface area contributed by atoms with Crippen molar-refractivity contribution in [2.45, 2.75) is 51.0 Å². The van der Waals surface area contributed by atoms with E-state index in [1.165, 1.54) is 31.9 Å². The van der Waals surface area contributed by atoms with Crippen LogP contribution in [0.15, 0.2) is 0 Å². The van der Waals surface area contributed by atoms with E-state index in [1.807, 2.05) is 0 Å². The Bertz CT molecular complexity index is 279. The van der Waals surface area contributed by atoms with Crippen LogP contribution in [0.5, 0.6) is 0 Å². The smallest absolute Gasteiger partial charge is 0.147 e. The highest BCUT2D eigenvalue weighted by Crippen LogP contribution is 2.29. The molecule has 0 aromatic heterocycles. The van der Waals surface area contributed by atoms with Crippen LogP contribution in [0.2, 0.25) is 0 Å². The standard InChI is InChI=1S/C11H23NO2S/c1-3-6-11(7-4-9-12-11)8-5-10-15(2,13)14/h12H,3-10H2,1-2H3. The van der Waals surface area contributed by atoms with Gasteiger partial charge in [-0.25, -0.2) is 8.42 Å². The quantitative estimate of drug-likeness (QED) is 0.760. The Hall–Kier alpha value is -0.0900. The van der Waals surface area contributed by atoms with Crippen LogP contribution in [0.4, 0.5) is 0 Å². The topological polar surface area (TPSA) is 46.2 Å². The third kappa shape index (κ3) is 4.51. The van der Waals surface area contributed by atoms with Crippen LogP contribution < -0.4 is 5.32 Å². The van der Waals surface area contributed by atoms with Crippen molar-refractivity contribution in [2.75, 3.05) is 18.6 Å². The Labute approximate surface area is 93.6 Å². The van der Waals surface area contributed by atoms with Crippen LogP contribution in [0, 0.1) is 0 Å². The summed E-state index contributed by atoms with van der Waals surface area (Å²) >= 11 is 0. The van der Waals surface area contributed by atoms with Crippen LogP contribution in [-0.4, -0.2) is 32.5 Å². The van der Waals surface area contributed by atoms with Crippen molar-refractivity contribution >= 4 is 9.84 Å². The van der Waals surface area contributed by atoms with Crippen LogP contribution in [0.1, 0.15) is 45.4 Å². The minimum Gasteiger partial charge on any atom is -0.311 e. The molecule has 15 heavy (non-hydrogen) atoms. The fraction of sp³-hybridized carbons (Fsp3) is 1.00. The van der Waals surface area contributed by atoms with E-state index in [-0.39, 0.29) is 5.54 Å². The molecule has 0 spiro atoms. The molecule has 0 aliphatic carbocycles. The van der Waals surface area contributed by atoms with Gasteiger partial charge in [0.1, 0.15) is 9.84 Å². The maximum Gasteiger partial charge on any atom is 0.147 e. The van der Waals surface area contributed by atoms with E-state index < -0.39 is 9.84 Å². The summed E-state index contributed by atoms with van der Waals surface area (Å²) in [6.45, 7) is 3.29. The van der Waals surface area contributed by atoms with Gasteiger partial charge in [-0.05, 0) is 38.6 Å². The van der Waals surface area contributed by atoms with Gasteiger partial charge < -0.3 is 5.32 Å². The molecule has 90 valence electrons. The Morgan fingerprint density at radius 1 is 1.33 bits per heavy atom. The fourth-order valence-corrected chi connectivity index (χ4v) is 3.24. The highest BCUT2D eigenvalue weighted by atomic mass is 32.2. The molecular weight excluding hydrogens is 210 g/mol. The first-order chi connectivity index (χ1) is 6.97. The van der Waals surface area contributed by atoms with E-state index >= 15 is 0 Å². The van der Waals surface area contributed by atoms with Crippen molar-refractivity contribution in [3.8, 4) is 0 Å². The molecule has 1 heterocycles. The molecule has 4 heteroatoms. The number of hydrogen-bond acceptors (Lipinski definition) is 3. The number of hydrogen-bond donors (Lipinski definition) is 1. The van der Waals surface area contributed by atoms with Gasteiger partial charge >= 0.3 is 0 Å². The summed E-state index contributed by atoms with van der Waals surface area (Å²) in [6, 6.07) is 0. The third-order valence-corrected chi connectivity index (χ3v) is 4.26. The summed E-state index contributed by atoms with van der Waals surface area (Å²) < 4.78 is 22.1. The van der Waals surface area contributed by atoms with Crippen LogP contribution in [-0.2, 0) is 9.84 Å². The van der Waals surface area contributed by atoms with Gasteiger partial charge in [-0.15, -0.1) is 0 Å². The molecule has 1 aliphatic heterocycles. The molecular formula is C11H23NO2S. The SMILES string of the molecule is CCCC1(CCCS(C)(=O)=O)CCCN1. The molecule has 0 saturated carbocycles. The molecule has 3 nitrogen and oxygen atoms in total. The maximum atomic E-state index is 11.0.